The molecule has 1 atom stereocenters. The van der Waals surface area contributed by atoms with E-state index in [0.29, 0.717) is 72.0 Å². The number of esters is 1. The van der Waals surface area contributed by atoms with Gasteiger partial charge in [-0.05, 0) is 77.2 Å². The highest BCUT2D eigenvalue weighted by molar-refractivity contribution is 6.35. The fourth-order valence-electron chi connectivity index (χ4n) is 9.33. The fourth-order valence-corrected chi connectivity index (χ4v) is 9.62. The summed E-state index contributed by atoms with van der Waals surface area (Å²) in [5.41, 5.74) is 2.96. The van der Waals surface area contributed by atoms with E-state index in [0.717, 1.165) is 27.3 Å². The van der Waals surface area contributed by atoms with Crippen LogP contribution in [0.25, 0.3) is 55.1 Å². The minimum Gasteiger partial charge on any atom is -0.508 e. The number of ether oxygens (including phenoxy) is 2. The number of piperazine rings is 1. The number of fused-ring (bicyclic) bond motifs is 7. The van der Waals surface area contributed by atoms with Gasteiger partial charge >= 0.3 is 5.97 Å². The van der Waals surface area contributed by atoms with Gasteiger partial charge in [0.25, 0.3) is 11.5 Å². The summed E-state index contributed by atoms with van der Waals surface area (Å²) in [5, 5.41) is 24.6. The molecule has 0 radical (unpaired) electrons. The number of aromatic hydroxyl groups is 1. The molecule has 1 saturated heterocycles. The number of hydrogen-bond donors (Lipinski definition) is 2. The largest absolute Gasteiger partial charge is 0.508 e. The molecule has 15 heteroatoms. The number of nitrogens with zero attached hydrogens (tertiary/aromatic N) is 6. The number of carbonyl (C=O) groups excluding carboxylic acids is 2. The van der Waals surface area contributed by atoms with Crippen molar-refractivity contribution in [3.05, 3.63) is 129 Å². The standard InChI is InChI=1S/C48H40ClFN6O7/c1-4-29-31-18-28(10-11-38(31)53-42-34(29)21-56-39(42)20-36-35(46(56)59)23-63-47(60)48(36,61)5-2)62-22-25(3)45(58)55-14-12-54(13-15-55)44-33-19-37(49)40(41(50)43(33)51-24-52-44)32-17-27(57)16-26-8-6-7-9-30(26)32/h6-11,16-20,24,57,61H,3-5,12-15,21-23H2,1-2H3. The number of rotatable bonds is 8. The van der Waals surface area contributed by atoms with E-state index in [-0.39, 0.29) is 76.2 Å². The smallest absolute Gasteiger partial charge is 0.343 e. The van der Waals surface area contributed by atoms with Gasteiger partial charge in [-0.1, -0.05) is 56.3 Å². The van der Waals surface area contributed by atoms with E-state index >= 15 is 4.39 Å². The van der Waals surface area contributed by atoms with Crippen LogP contribution in [0, 0.1) is 5.82 Å². The van der Waals surface area contributed by atoms with Crippen LogP contribution in [0.2, 0.25) is 5.02 Å². The molecule has 0 bridgehead atoms. The van der Waals surface area contributed by atoms with E-state index in [1.807, 2.05) is 48.2 Å². The maximum atomic E-state index is 16.4. The summed E-state index contributed by atoms with van der Waals surface area (Å²) in [6, 6.07) is 19.3. The highest BCUT2D eigenvalue weighted by Crippen LogP contribution is 2.43. The number of carbonyl (C=O) groups is 2. The monoisotopic (exact) mass is 866 g/mol. The second-order valence-corrected chi connectivity index (χ2v) is 16.5. The van der Waals surface area contributed by atoms with Crippen molar-refractivity contribution in [2.24, 2.45) is 0 Å². The Bertz CT molecular complexity index is 3200. The van der Waals surface area contributed by atoms with Gasteiger partial charge in [0, 0.05) is 59.2 Å². The van der Waals surface area contributed by atoms with Crippen LogP contribution in [0.1, 0.15) is 42.5 Å². The summed E-state index contributed by atoms with van der Waals surface area (Å²) < 4.78 is 29.4. The average Bonchev–Trinajstić information content (AvgIpc) is 3.66. The van der Waals surface area contributed by atoms with E-state index < -0.39 is 17.4 Å². The number of halogens is 2. The second-order valence-electron chi connectivity index (χ2n) is 16.1. The van der Waals surface area contributed by atoms with Crippen molar-refractivity contribution in [3.63, 3.8) is 0 Å². The molecule has 13 nitrogen and oxygen atoms in total. The lowest BCUT2D eigenvalue weighted by Crippen LogP contribution is -2.49. The summed E-state index contributed by atoms with van der Waals surface area (Å²) in [5.74, 6) is -0.638. The molecular weight excluding hydrogens is 827 g/mol. The number of aromatic nitrogens is 4. The molecule has 63 heavy (non-hydrogen) atoms. The first kappa shape index (κ1) is 40.2. The lowest BCUT2D eigenvalue weighted by atomic mass is 9.86. The number of phenolic OH excluding ortho intramolecular Hbond substituents is 1. The Morgan fingerprint density at radius 2 is 1.78 bits per heavy atom. The van der Waals surface area contributed by atoms with Crippen molar-refractivity contribution >= 4 is 61.9 Å². The van der Waals surface area contributed by atoms with Crippen LogP contribution in [0.15, 0.2) is 90.0 Å². The van der Waals surface area contributed by atoms with Crippen molar-refractivity contribution in [2.75, 3.05) is 37.7 Å². The van der Waals surface area contributed by atoms with Gasteiger partial charge in [0.2, 0.25) is 0 Å². The molecule has 1 unspecified atom stereocenters. The Kier molecular flexibility index (Phi) is 9.68. The van der Waals surface area contributed by atoms with Crippen molar-refractivity contribution < 1.29 is 33.7 Å². The Labute approximate surface area is 364 Å². The molecule has 3 aliphatic heterocycles. The highest BCUT2D eigenvalue weighted by Gasteiger charge is 2.45. The third-order valence-electron chi connectivity index (χ3n) is 12.6. The molecule has 0 spiro atoms. The maximum Gasteiger partial charge on any atom is 0.343 e. The van der Waals surface area contributed by atoms with Crippen molar-refractivity contribution in [3.8, 4) is 34.0 Å². The first-order chi connectivity index (χ1) is 30.4. The maximum absolute atomic E-state index is 16.4. The number of aryl methyl sites for hydroxylation is 1. The van der Waals surface area contributed by atoms with Crippen molar-refractivity contribution in [1.29, 1.82) is 0 Å². The van der Waals surface area contributed by atoms with Crippen molar-refractivity contribution in [1.82, 2.24) is 24.4 Å². The van der Waals surface area contributed by atoms with E-state index in [4.69, 9.17) is 26.1 Å². The van der Waals surface area contributed by atoms with Gasteiger partial charge in [0.1, 0.15) is 42.4 Å². The number of pyridine rings is 2. The predicted molar refractivity (Wildman–Crippen MR) is 236 cm³/mol. The lowest BCUT2D eigenvalue weighted by molar-refractivity contribution is -0.172. The minimum absolute atomic E-state index is 0.0123. The third kappa shape index (κ3) is 6.38. The van der Waals surface area contributed by atoms with E-state index in [2.05, 4.69) is 16.5 Å². The molecule has 3 aliphatic rings. The molecule has 1 amide bonds. The predicted octanol–water partition coefficient (Wildman–Crippen LogP) is 7.19. The Morgan fingerprint density at radius 1 is 0.984 bits per heavy atom. The normalized spacial score (nSPS) is 16.9. The molecule has 0 saturated carbocycles. The van der Waals surface area contributed by atoms with Gasteiger partial charge in [-0.2, -0.15) is 0 Å². The lowest BCUT2D eigenvalue weighted by Gasteiger charge is -2.36. The number of cyclic esters (lactones) is 1. The number of benzene rings is 4. The van der Waals surface area contributed by atoms with Crippen molar-refractivity contribution in [2.45, 2.75) is 45.4 Å². The number of anilines is 1. The molecule has 1 fully saturated rings. The molecule has 6 heterocycles. The molecule has 4 aromatic carbocycles. The second kappa shape index (κ2) is 15.2. The van der Waals surface area contributed by atoms with Crippen LogP contribution >= 0.6 is 11.6 Å². The zero-order chi connectivity index (χ0) is 43.9. The topological polar surface area (TPSA) is 160 Å². The summed E-state index contributed by atoms with van der Waals surface area (Å²) in [6.07, 6.45) is 2.01. The molecule has 10 rings (SSSR count). The van der Waals surface area contributed by atoms with Gasteiger partial charge in [0.05, 0.1) is 34.0 Å². The van der Waals surface area contributed by atoms with Crippen LogP contribution in [0.4, 0.5) is 10.2 Å². The van der Waals surface area contributed by atoms with Gasteiger partial charge in [0.15, 0.2) is 11.4 Å². The molecule has 7 aromatic rings. The first-order valence-electron chi connectivity index (χ1n) is 20.7. The summed E-state index contributed by atoms with van der Waals surface area (Å²) in [7, 11) is 0. The average molecular weight is 867 g/mol. The van der Waals surface area contributed by atoms with E-state index in [1.165, 1.54) is 12.4 Å². The molecule has 0 aliphatic carbocycles. The Hall–Kier alpha value is -6.90. The zero-order valence-electron chi connectivity index (χ0n) is 34.4. The number of aliphatic hydroxyl groups is 1. The van der Waals surface area contributed by atoms with Crippen LogP contribution in [0.5, 0.6) is 11.5 Å². The Balaban J connectivity index is 0.837. The number of hydrogen-bond acceptors (Lipinski definition) is 11. The molecule has 318 valence electrons. The number of phenols is 1. The summed E-state index contributed by atoms with van der Waals surface area (Å²) in [4.78, 5) is 57.4. The van der Waals surface area contributed by atoms with Crippen LogP contribution in [-0.4, -0.2) is 79.3 Å². The summed E-state index contributed by atoms with van der Waals surface area (Å²) in [6.45, 7) is 9.32. The minimum atomic E-state index is -1.91. The first-order valence-corrected chi connectivity index (χ1v) is 21.1. The molecule has 3 aromatic heterocycles. The van der Waals surface area contributed by atoms with Crippen LogP contribution in [0.3, 0.4) is 0 Å². The van der Waals surface area contributed by atoms with Crippen LogP contribution < -0.4 is 15.2 Å². The SMILES string of the molecule is C=C(COc1ccc2nc3c(c(CC)c2c1)Cn1c-3cc2c(c1=O)COC(=O)C2(O)CC)C(=O)N1CCN(c2ncnc3c(F)c(-c4cc(O)cc5ccccc45)c(Cl)cc23)CC1. The van der Waals surface area contributed by atoms with E-state index in [1.54, 1.807) is 40.7 Å². The third-order valence-corrected chi connectivity index (χ3v) is 12.9. The van der Waals surface area contributed by atoms with E-state index in [9.17, 15) is 24.6 Å². The van der Waals surface area contributed by atoms with Gasteiger partial charge in [-0.25, -0.2) is 24.1 Å². The zero-order valence-corrected chi connectivity index (χ0v) is 35.1. The van der Waals surface area contributed by atoms with Gasteiger partial charge in [-0.15, -0.1) is 0 Å². The van der Waals surface area contributed by atoms with Gasteiger partial charge in [-0.3, -0.25) is 9.59 Å². The Morgan fingerprint density at radius 3 is 2.56 bits per heavy atom. The highest BCUT2D eigenvalue weighted by atomic mass is 35.5. The summed E-state index contributed by atoms with van der Waals surface area (Å²) >= 11 is 6.80. The fraction of sp³-hybridized carbons (Fsp3) is 0.250. The van der Waals surface area contributed by atoms with Crippen LogP contribution in [-0.2, 0) is 39.5 Å². The molecular formula is C48H40ClFN6O7. The quantitative estimate of drug-likeness (QED) is 0.118. The number of amides is 1. The van der Waals surface area contributed by atoms with Gasteiger partial charge < -0.3 is 34.1 Å². The molecule has 2 N–H and O–H groups in total.